The zero-order valence-corrected chi connectivity index (χ0v) is 17.4. The minimum atomic E-state index is -2.61. The van der Waals surface area contributed by atoms with E-state index in [-0.39, 0.29) is 22.5 Å². The Morgan fingerprint density at radius 1 is 1.14 bits per heavy atom. The van der Waals surface area contributed by atoms with Gasteiger partial charge < -0.3 is 4.90 Å². The second-order valence-electron chi connectivity index (χ2n) is 6.76. The maximum atomic E-state index is 12.9. The van der Waals surface area contributed by atoms with Crippen molar-refractivity contribution >= 4 is 39.2 Å². The molecule has 0 saturated carbocycles. The Hall–Kier alpha value is -2.10. The van der Waals surface area contributed by atoms with Crippen LogP contribution in [0.25, 0.3) is 10.2 Å². The first kappa shape index (κ1) is 20.2. The van der Waals surface area contributed by atoms with E-state index in [4.69, 9.17) is 4.98 Å². The van der Waals surface area contributed by atoms with Crippen molar-refractivity contribution < 1.29 is 13.6 Å². The van der Waals surface area contributed by atoms with Crippen molar-refractivity contribution in [3.63, 3.8) is 0 Å². The molecule has 152 valence electrons. The van der Waals surface area contributed by atoms with Crippen LogP contribution in [0.2, 0.25) is 0 Å². The van der Waals surface area contributed by atoms with E-state index in [9.17, 15) is 13.6 Å². The third-order valence-corrected chi connectivity index (χ3v) is 6.95. The summed E-state index contributed by atoms with van der Waals surface area (Å²) in [7, 11) is 0. The summed E-state index contributed by atoms with van der Waals surface area (Å²) in [4.78, 5) is 25.6. The summed E-state index contributed by atoms with van der Waals surface area (Å²) in [5.74, 6) is -2.85. The second kappa shape index (κ2) is 8.73. The molecule has 29 heavy (non-hydrogen) atoms. The molecule has 2 aromatic heterocycles. The molecule has 1 aliphatic heterocycles. The average molecular weight is 435 g/mol. The molecule has 0 N–H and O–H groups in total. The summed E-state index contributed by atoms with van der Waals surface area (Å²) in [6, 6.07) is 11.4. The normalized spacial score (nSPS) is 16.5. The molecule has 1 atom stereocenters. The van der Waals surface area contributed by atoms with Crippen LogP contribution in [0.3, 0.4) is 0 Å². The fourth-order valence-electron chi connectivity index (χ4n) is 3.44. The van der Waals surface area contributed by atoms with E-state index in [1.165, 1.54) is 10.9 Å². The monoisotopic (exact) mass is 434 g/mol. The molecular weight excluding hydrogens is 414 g/mol. The first-order valence-corrected chi connectivity index (χ1v) is 11.0. The predicted molar refractivity (Wildman–Crippen MR) is 112 cm³/mol. The van der Waals surface area contributed by atoms with E-state index in [1.807, 2.05) is 18.2 Å². The number of hydrogen-bond acceptors (Lipinski definition) is 6. The number of pyridine rings is 1. The van der Waals surface area contributed by atoms with E-state index >= 15 is 0 Å². The number of nitrogens with zero attached hydrogens (tertiary/aromatic N) is 4. The highest BCUT2D eigenvalue weighted by atomic mass is 32.2. The lowest BCUT2D eigenvalue weighted by Gasteiger charge is -2.37. The van der Waals surface area contributed by atoms with Crippen LogP contribution >= 0.6 is 23.1 Å². The summed E-state index contributed by atoms with van der Waals surface area (Å²) in [6.45, 7) is 4.64. The van der Waals surface area contributed by atoms with Gasteiger partial charge in [0.1, 0.15) is 10.0 Å². The number of carbonyl (C=O) groups is 1. The SMILES string of the molecule is C[C@@H](c1nc2ccccc2s1)N1CCN(C(=O)c2cccnc2SC(F)F)CC1. The minimum Gasteiger partial charge on any atom is -0.336 e. The molecule has 1 saturated heterocycles. The van der Waals surface area contributed by atoms with Crippen molar-refractivity contribution in [3.05, 3.63) is 53.2 Å². The van der Waals surface area contributed by atoms with Crippen molar-refractivity contribution in [1.82, 2.24) is 19.8 Å². The third kappa shape index (κ3) is 4.41. The van der Waals surface area contributed by atoms with Crippen LogP contribution < -0.4 is 0 Å². The van der Waals surface area contributed by atoms with Gasteiger partial charge in [-0.2, -0.15) is 8.78 Å². The van der Waals surface area contributed by atoms with E-state index in [1.54, 1.807) is 28.4 Å². The predicted octanol–water partition coefficient (Wildman–Crippen LogP) is 4.53. The molecule has 0 aliphatic carbocycles. The van der Waals surface area contributed by atoms with Crippen molar-refractivity contribution in [2.45, 2.75) is 23.7 Å². The molecule has 0 unspecified atom stereocenters. The van der Waals surface area contributed by atoms with Crippen LogP contribution in [0.1, 0.15) is 28.3 Å². The molecule has 3 heterocycles. The third-order valence-electron chi connectivity index (χ3n) is 5.02. The highest BCUT2D eigenvalue weighted by molar-refractivity contribution is 7.99. The van der Waals surface area contributed by atoms with Gasteiger partial charge in [-0.05, 0) is 43.0 Å². The smallest absolute Gasteiger partial charge is 0.290 e. The molecule has 0 bridgehead atoms. The summed E-state index contributed by atoms with van der Waals surface area (Å²) < 4.78 is 26.7. The molecule has 0 spiro atoms. The largest absolute Gasteiger partial charge is 0.336 e. The van der Waals surface area contributed by atoms with Crippen molar-refractivity contribution in [2.24, 2.45) is 0 Å². The Morgan fingerprint density at radius 2 is 1.90 bits per heavy atom. The van der Waals surface area contributed by atoms with Crippen molar-refractivity contribution in [3.8, 4) is 0 Å². The Balaban J connectivity index is 1.42. The molecule has 1 fully saturated rings. The van der Waals surface area contributed by atoms with Gasteiger partial charge in [-0.1, -0.05) is 12.1 Å². The van der Waals surface area contributed by atoms with Gasteiger partial charge >= 0.3 is 0 Å². The van der Waals surface area contributed by atoms with Crippen LogP contribution in [0.5, 0.6) is 0 Å². The molecule has 3 aromatic rings. The fraction of sp³-hybridized carbons (Fsp3) is 0.350. The molecule has 4 rings (SSSR count). The quantitative estimate of drug-likeness (QED) is 0.553. The average Bonchev–Trinajstić information content (AvgIpc) is 3.17. The summed E-state index contributed by atoms with van der Waals surface area (Å²) in [6.07, 6.45) is 1.43. The van der Waals surface area contributed by atoms with Gasteiger partial charge in [0.05, 0.1) is 21.8 Å². The summed E-state index contributed by atoms with van der Waals surface area (Å²) in [5, 5.41) is 1.15. The molecule has 0 radical (unpaired) electrons. The highest BCUT2D eigenvalue weighted by Crippen LogP contribution is 2.31. The van der Waals surface area contributed by atoms with Crippen LogP contribution in [-0.4, -0.2) is 57.6 Å². The molecule has 5 nitrogen and oxygen atoms in total. The number of benzene rings is 1. The molecule has 9 heteroatoms. The van der Waals surface area contributed by atoms with Crippen molar-refractivity contribution in [1.29, 1.82) is 0 Å². The lowest BCUT2D eigenvalue weighted by molar-refractivity contribution is 0.0578. The number of fused-ring (bicyclic) bond motifs is 1. The van der Waals surface area contributed by atoms with Gasteiger partial charge in [-0.15, -0.1) is 11.3 Å². The Labute approximate surface area is 175 Å². The molecule has 1 amide bonds. The van der Waals surface area contributed by atoms with Gasteiger partial charge in [-0.3, -0.25) is 9.69 Å². The van der Waals surface area contributed by atoms with Gasteiger partial charge in [0, 0.05) is 32.4 Å². The maximum Gasteiger partial charge on any atom is 0.290 e. The number of para-hydroxylation sites is 1. The second-order valence-corrected chi connectivity index (χ2v) is 8.80. The number of aromatic nitrogens is 2. The van der Waals surface area contributed by atoms with Gasteiger partial charge in [0.25, 0.3) is 11.7 Å². The number of halogens is 2. The van der Waals surface area contributed by atoms with Gasteiger partial charge in [0.15, 0.2) is 0 Å². The Morgan fingerprint density at radius 3 is 2.62 bits per heavy atom. The molecule has 1 aliphatic rings. The van der Waals surface area contributed by atoms with E-state index in [2.05, 4.69) is 22.9 Å². The van der Waals surface area contributed by atoms with E-state index < -0.39 is 5.76 Å². The standard InChI is InChI=1S/C20H20F2N4OS2/c1-13(17-24-15-6-2-3-7-16(15)28-17)25-9-11-26(12-10-25)19(27)14-5-4-8-23-18(14)29-20(21)22/h2-8,13,20H,9-12H2,1H3/t13-/m0/s1. The first-order chi connectivity index (χ1) is 14.0. The lowest BCUT2D eigenvalue weighted by atomic mass is 10.2. The Kier molecular flexibility index (Phi) is 6.07. The zero-order valence-electron chi connectivity index (χ0n) is 15.8. The van der Waals surface area contributed by atoms with Crippen LogP contribution in [0, 0.1) is 0 Å². The number of alkyl halides is 2. The van der Waals surface area contributed by atoms with Gasteiger partial charge in [0.2, 0.25) is 0 Å². The van der Waals surface area contributed by atoms with E-state index in [0.29, 0.717) is 37.9 Å². The topological polar surface area (TPSA) is 49.3 Å². The zero-order chi connectivity index (χ0) is 20.4. The first-order valence-electron chi connectivity index (χ1n) is 9.31. The fourth-order valence-corrected chi connectivity index (χ4v) is 5.07. The summed E-state index contributed by atoms with van der Waals surface area (Å²) >= 11 is 2.01. The highest BCUT2D eigenvalue weighted by Gasteiger charge is 2.28. The number of piperazine rings is 1. The number of rotatable bonds is 5. The number of amides is 1. The van der Waals surface area contributed by atoms with Crippen molar-refractivity contribution in [2.75, 3.05) is 26.2 Å². The molecule has 1 aromatic carbocycles. The number of thiazole rings is 1. The number of hydrogen-bond donors (Lipinski definition) is 0. The van der Waals surface area contributed by atoms with Gasteiger partial charge in [-0.25, -0.2) is 9.97 Å². The summed E-state index contributed by atoms with van der Waals surface area (Å²) in [5.41, 5.74) is 1.25. The number of thioether (sulfide) groups is 1. The maximum absolute atomic E-state index is 12.9. The molecular formula is C20H20F2N4OS2. The Bertz CT molecular complexity index is 972. The minimum absolute atomic E-state index is 0.0813. The lowest BCUT2D eigenvalue weighted by Crippen LogP contribution is -2.49. The van der Waals surface area contributed by atoms with Crippen LogP contribution in [0.4, 0.5) is 8.78 Å². The van der Waals surface area contributed by atoms with Crippen LogP contribution in [-0.2, 0) is 0 Å². The van der Waals surface area contributed by atoms with Crippen LogP contribution in [0.15, 0.2) is 47.6 Å². The van der Waals surface area contributed by atoms with E-state index in [0.717, 1.165) is 10.5 Å². The number of carbonyl (C=O) groups excluding carboxylic acids is 1.